The van der Waals surface area contributed by atoms with Gasteiger partial charge in [0.2, 0.25) is 0 Å². The largest absolute Gasteiger partial charge is 0.368 e. The van der Waals surface area contributed by atoms with E-state index in [-0.39, 0.29) is 5.56 Å². The molecule has 7 heteroatoms. The fraction of sp³-hybridized carbons (Fsp3) is 0.565. The summed E-state index contributed by atoms with van der Waals surface area (Å²) >= 11 is 12.4. The number of benzene rings is 1. The number of aromatic amines is 1. The van der Waals surface area contributed by atoms with Crippen LogP contribution in [0.4, 0.5) is 5.69 Å². The topological polar surface area (TPSA) is 52.2 Å². The molecular formula is C23H28Cl2N4O. The highest BCUT2D eigenvalue weighted by Crippen LogP contribution is 2.53. The molecule has 5 nitrogen and oxygen atoms in total. The number of anilines is 1. The summed E-state index contributed by atoms with van der Waals surface area (Å²) in [5.41, 5.74) is 3.62. The maximum atomic E-state index is 12.6. The van der Waals surface area contributed by atoms with Gasteiger partial charge in [0, 0.05) is 43.2 Å². The Morgan fingerprint density at radius 3 is 2.63 bits per heavy atom. The van der Waals surface area contributed by atoms with Gasteiger partial charge in [-0.15, -0.1) is 0 Å². The van der Waals surface area contributed by atoms with Crippen molar-refractivity contribution in [1.29, 1.82) is 0 Å². The molecule has 0 unspecified atom stereocenters. The van der Waals surface area contributed by atoms with Crippen molar-refractivity contribution in [3.63, 3.8) is 0 Å². The zero-order valence-electron chi connectivity index (χ0n) is 17.2. The second-order valence-corrected chi connectivity index (χ2v) is 9.99. The molecule has 2 heterocycles. The molecule has 1 aromatic carbocycles. The van der Waals surface area contributed by atoms with Crippen molar-refractivity contribution in [3.8, 4) is 0 Å². The molecule has 1 spiro atoms. The number of nitrogens with zero attached hydrogens (tertiary/aromatic N) is 3. The summed E-state index contributed by atoms with van der Waals surface area (Å²) in [6.07, 6.45) is 7.52. The summed E-state index contributed by atoms with van der Waals surface area (Å²) in [5, 5.41) is 1.38. The second-order valence-electron chi connectivity index (χ2n) is 9.14. The lowest BCUT2D eigenvalue weighted by Gasteiger charge is -2.36. The summed E-state index contributed by atoms with van der Waals surface area (Å²) in [4.78, 5) is 25.2. The molecule has 0 radical (unpaired) electrons. The van der Waals surface area contributed by atoms with Crippen molar-refractivity contribution in [3.05, 3.63) is 55.7 Å². The number of aryl methyl sites for hydroxylation is 2. The molecule has 2 aliphatic carbocycles. The van der Waals surface area contributed by atoms with E-state index in [4.69, 9.17) is 28.2 Å². The molecule has 1 aromatic heterocycles. The molecule has 0 atom stereocenters. The molecule has 3 aliphatic rings. The van der Waals surface area contributed by atoms with Crippen molar-refractivity contribution >= 4 is 28.9 Å². The zero-order chi connectivity index (χ0) is 20.7. The van der Waals surface area contributed by atoms with Crippen LogP contribution in [0.5, 0.6) is 0 Å². The first-order chi connectivity index (χ1) is 14.5. The van der Waals surface area contributed by atoms with E-state index in [1.807, 2.05) is 18.2 Å². The van der Waals surface area contributed by atoms with Gasteiger partial charge in [-0.25, -0.2) is 4.98 Å². The number of piperazine rings is 1. The van der Waals surface area contributed by atoms with Crippen LogP contribution in [0.25, 0.3) is 0 Å². The predicted molar refractivity (Wildman–Crippen MR) is 122 cm³/mol. The molecule has 1 saturated carbocycles. The molecule has 0 bridgehead atoms. The maximum absolute atomic E-state index is 12.6. The van der Waals surface area contributed by atoms with E-state index in [1.54, 1.807) is 0 Å². The van der Waals surface area contributed by atoms with Gasteiger partial charge in [-0.1, -0.05) is 23.2 Å². The van der Waals surface area contributed by atoms with E-state index in [9.17, 15) is 4.79 Å². The van der Waals surface area contributed by atoms with Crippen molar-refractivity contribution in [2.75, 3.05) is 37.6 Å². The third-order valence-electron chi connectivity index (χ3n) is 7.06. The van der Waals surface area contributed by atoms with Crippen molar-refractivity contribution in [1.82, 2.24) is 14.9 Å². The third kappa shape index (κ3) is 4.25. The number of fused-ring (bicyclic) bond motifs is 1. The smallest absolute Gasteiger partial charge is 0.254 e. The number of hydrogen-bond donors (Lipinski definition) is 1. The minimum atomic E-state index is 0.106. The number of aromatic nitrogens is 2. The van der Waals surface area contributed by atoms with Gasteiger partial charge < -0.3 is 9.88 Å². The maximum Gasteiger partial charge on any atom is 0.254 e. The highest BCUT2D eigenvalue weighted by Gasteiger charge is 2.45. The van der Waals surface area contributed by atoms with Crippen molar-refractivity contribution < 1.29 is 0 Å². The van der Waals surface area contributed by atoms with Gasteiger partial charge in [-0.3, -0.25) is 9.69 Å². The van der Waals surface area contributed by atoms with Crippen LogP contribution in [-0.2, 0) is 19.3 Å². The monoisotopic (exact) mass is 446 g/mol. The van der Waals surface area contributed by atoms with Crippen LogP contribution in [0.3, 0.4) is 0 Å². The summed E-state index contributed by atoms with van der Waals surface area (Å²) in [7, 11) is 0. The Labute approximate surface area is 187 Å². The lowest BCUT2D eigenvalue weighted by Crippen LogP contribution is -2.46. The van der Waals surface area contributed by atoms with Gasteiger partial charge in [0.05, 0.1) is 16.4 Å². The predicted octanol–water partition coefficient (Wildman–Crippen LogP) is 4.10. The fourth-order valence-electron chi connectivity index (χ4n) is 4.97. The fourth-order valence-corrected chi connectivity index (χ4v) is 5.50. The molecule has 2 aromatic rings. The van der Waals surface area contributed by atoms with E-state index in [0.717, 1.165) is 81.2 Å². The van der Waals surface area contributed by atoms with Crippen molar-refractivity contribution in [2.24, 2.45) is 5.41 Å². The molecular weight excluding hydrogens is 419 g/mol. The molecule has 1 N–H and O–H groups in total. The molecule has 5 rings (SSSR count). The number of nitrogens with one attached hydrogen (secondary N) is 1. The Morgan fingerprint density at radius 1 is 1.10 bits per heavy atom. The second kappa shape index (κ2) is 8.18. The molecule has 0 amide bonds. The third-order valence-corrected chi connectivity index (χ3v) is 7.60. The van der Waals surface area contributed by atoms with Gasteiger partial charge in [0.25, 0.3) is 5.56 Å². The van der Waals surface area contributed by atoms with Crippen LogP contribution in [-0.4, -0.2) is 47.6 Å². The lowest BCUT2D eigenvalue weighted by molar-refractivity contribution is 0.254. The van der Waals surface area contributed by atoms with E-state index < -0.39 is 0 Å². The minimum Gasteiger partial charge on any atom is -0.368 e. The number of halogens is 2. The first-order valence-electron chi connectivity index (χ1n) is 11.0. The number of rotatable bonds is 5. The van der Waals surface area contributed by atoms with Gasteiger partial charge in [-0.05, 0) is 68.7 Å². The van der Waals surface area contributed by atoms with Crippen LogP contribution < -0.4 is 10.5 Å². The Kier molecular flexibility index (Phi) is 5.55. The normalized spacial score (nSPS) is 20.4. The minimum absolute atomic E-state index is 0.106. The van der Waals surface area contributed by atoms with E-state index in [1.165, 1.54) is 19.3 Å². The lowest BCUT2D eigenvalue weighted by atomic mass is 9.84. The number of hydrogen-bond acceptors (Lipinski definition) is 4. The standard InChI is InChI=1S/C23H28Cl2N4O/c24-16-3-4-20(18(25)14-16)29-12-10-28(11-13-29)9-1-2-21-26-19-5-6-23(7-8-23)15-17(19)22(30)27-21/h3-4,14H,1-2,5-13,15H2,(H,26,27,30). The summed E-state index contributed by atoms with van der Waals surface area (Å²) in [5.74, 6) is 0.858. The van der Waals surface area contributed by atoms with Crippen LogP contribution in [0.1, 0.15) is 42.8 Å². The Morgan fingerprint density at radius 2 is 1.90 bits per heavy atom. The van der Waals surface area contributed by atoms with Gasteiger partial charge >= 0.3 is 0 Å². The first kappa shape index (κ1) is 20.3. The molecule has 2 fully saturated rings. The SMILES string of the molecule is O=c1[nH]c(CCCN2CCN(c3ccc(Cl)cc3Cl)CC2)nc2c1CC1(CC2)CC1. The van der Waals surface area contributed by atoms with Crippen LogP contribution in [0, 0.1) is 5.41 Å². The average Bonchev–Trinajstić information content (AvgIpc) is 3.48. The van der Waals surface area contributed by atoms with Gasteiger partial charge in [0.1, 0.15) is 5.82 Å². The summed E-state index contributed by atoms with van der Waals surface area (Å²) < 4.78 is 0. The summed E-state index contributed by atoms with van der Waals surface area (Å²) in [6, 6.07) is 5.71. The van der Waals surface area contributed by atoms with E-state index >= 15 is 0 Å². The average molecular weight is 447 g/mol. The first-order valence-corrected chi connectivity index (χ1v) is 11.8. The zero-order valence-corrected chi connectivity index (χ0v) is 18.7. The Hall–Kier alpha value is -1.56. The Bertz CT molecular complexity index is 993. The van der Waals surface area contributed by atoms with Crippen LogP contribution in [0.15, 0.2) is 23.0 Å². The van der Waals surface area contributed by atoms with Crippen LogP contribution in [0.2, 0.25) is 10.0 Å². The molecule has 1 aliphatic heterocycles. The highest BCUT2D eigenvalue weighted by molar-refractivity contribution is 6.36. The number of H-pyrrole nitrogens is 1. The van der Waals surface area contributed by atoms with Gasteiger partial charge in [-0.2, -0.15) is 0 Å². The van der Waals surface area contributed by atoms with Gasteiger partial charge in [0.15, 0.2) is 0 Å². The van der Waals surface area contributed by atoms with Crippen LogP contribution >= 0.6 is 23.2 Å². The highest BCUT2D eigenvalue weighted by atomic mass is 35.5. The van der Waals surface area contributed by atoms with Crippen molar-refractivity contribution in [2.45, 2.75) is 44.9 Å². The molecule has 160 valence electrons. The van der Waals surface area contributed by atoms with E-state index in [0.29, 0.717) is 15.5 Å². The molecule has 30 heavy (non-hydrogen) atoms. The quantitative estimate of drug-likeness (QED) is 0.750. The molecule has 1 saturated heterocycles. The van der Waals surface area contributed by atoms with E-state index in [2.05, 4.69) is 14.8 Å². The Balaban J connectivity index is 1.12. The summed E-state index contributed by atoms with van der Waals surface area (Å²) in [6.45, 7) is 4.95.